The Morgan fingerprint density at radius 1 is 1.63 bits per heavy atom. The summed E-state index contributed by atoms with van der Waals surface area (Å²) >= 11 is 1.65. The minimum absolute atomic E-state index is 0.107. The molecule has 1 aliphatic rings. The van der Waals surface area contributed by atoms with Crippen LogP contribution >= 0.6 is 11.3 Å². The monoisotopic (exact) mass is 303 g/mol. The average Bonchev–Trinajstić information content (AvgIpc) is 2.89. The van der Waals surface area contributed by atoms with Gasteiger partial charge in [-0.25, -0.2) is 12.7 Å². The summed E-state index contributed by atoms with van der Waals surface area (Å²) < 4.78 is 24.8. The third-order valence-electron chi connectivity index (χ3n) is 3.67. The van der Waals surface area contributed by atoms with Crippen LogP contribution in [0.4, 0.5) is 0 Å². The third-order valence-corrected chi connectivity index (χ3v) is 5.64. The van der Waals surface area contributed by atoms with E-state index in [1.807, 2.05) is 5.38 Å². The van der Waals surface area contributed by atoms with Crippen molar-refractivity contribution in [1.82, 2.24) is 9.73 Å². The molecule has 0 spiro atoms. The molecule has 1 saturated heterocycles. The summed E-state index contributed by atoms with van der Waals surface area (Å²) in [6, 6.07) is 2.17. The molecule has 108 valence electrons. The van der Waals surface area contributed by atoms with Crippen LogP contribution in [0.1, 0.15) is 30.9 Å². The first kappa shape index (κ1) is 14.9. The maximum atomic E-state index is 11.6. The van der Waals surface area contributed by atoms with Crippen molar-refractivity contribution < 1.29 is 8.42 Å². The average molecular weight is 303 g/mol. The highest BCUT2D eigenvalue weighted by atomic mass is 32.2. The van der Waals surface area contributed by atoms with Crippen molar-refractivity contribution >= 4 is 21.4 Å². The zero-order valence-electron chi connectivity index (χ0n) is 11.1. The molecule has 1 fully saturated rings. The zero-order chi connectivity index (χ0) is 13.9. The van der Waals surface area contributed by atoms with Gasteiger partial charge in [0.1, 0.15) is 0 Å². The smallest absolute Gasteiger partial charge is 0.211 e. The standard InChI is InChI=1S/C12H21N3O2S2/c1-19(16,17)15-5-2-3-10(8-15)7-12(14-13)11-4-6-18-9-11/h4,6,9-10,12,14H,2-3,5,7-8,13H2,1H3. The fourth-order valence-corrected chi connectivity index (χ4v) is 4.28. The van der Waals surface area contributed by atoms with Crippen molar-refractivity contribution in [3.8, 4) is 0 Å². The Labute approximate surface area is 118 Å². The summed E-state index contributed by atoms with van der Waals surface area (Å²) in [4.78, 5) is 0. The minimum atomic E-state index is -3.07. The highest BCUT2D eigenvalue weighted by Crippen LogP contribution is 2.28. The van der Waals surface area contributed by atoms with Crippen LogP contribution in [0, 0.1) is 5.92 Å². The van der Waals surface area contributed by atoms with Gasteiger partial charge in [-0.2, -0.15) is 11.3 Å². The quantitative estimate of drug-likeness (QED) is 0.635. The highest BCUT2D eigenvalue weighted by molar-refractivity contribution is 7.88. The molecule has 0 saturated carbocycles. The van der Waals surface area contributed by atoms with Crippen LogP contribution in [0.3, 0.4) is 0 Å². The lowest BCUT2D eigenvalue weighted by Crippen LogP contribution is -2.41. The van der Waals surface area contributed by atoms with E-state index in [0.29, 0.717) is 19.0 Å². The van der Waals surface area contributed by atoms with Crippen molar-refractivity contribution in [2.24, 2.45) is 11.8 Å². The first-order valence-corrected chi connectivity index (χ1v) is 9.23. The highest BCUT2D eigenvalue weighted by Gasteiger charge is 2.27. The van der Waals surface area contributed by atoms with Gasteiger partial charge in [0.15, 0.2) is 0 Å². The number of hydrazine groups is 1. The number of piperidine rings is 1. The number of sulfonamides is 1. The lowest BCUT2D eigenvalue weighted by molar-refractivity contribution is 0.238. The summed E-state index contributed by atoms with van der Waals surface area (Å²) in [6.45, 7) is 1.26. The molecule has 5 nitrogen and oxygen atoms in total. The van der Waals surface area contributed by atoms with Gasteiger partial charge >= 0.3 is 0 Å². The largest absolute Gasteiger partial charge is 0.271 e. The lowest BCUT2D eigenvalue weighted by atomic mass is 9.90. The predicted octanol–water partition coefficient (Wildman–Crippen LogP) is 1.31. The van der Waals surface area contributed by atoms with Crippen molar-refractivity contribution in [3.63, 3.8) is 0 Å². The molecule has 1 aromatic heterocycles. The fourth-order valence-electron chi connectivity index (χ4n) is 2.63. The minimum Gasteiger partial charge on any atom is -0.271 e. The normalized spacial score (nSPS) is 23.4. The first-order valence-electron chi connectivity index (χ1n) is 6.44. The molecule has 0 aromatic carbocycles. The Kier molecular flexibility index (Phi) is 4.97. The Morgan fingerprint density at radius 2 is 2.42 bits per heavy atom. The van der Waals surface area contributed by atoms with E-state index in [1.54, 1.807) is 15.6 Å². The molecule has 1 aromatic rings. The number of hydrogen-bond acceptors (Lipinski definition) is 5. The second-order valence-electron chi connectivity index (χ2n) is 5.14. The Hall–Kier alpha value is -0.470. The second kappa shape index (κ2) is 6.32. The van der Waals surface area contributed by atoms with Crippen molar-refractivity contribution in [2.45, 2.75) is 25.3 Å². The molecule has 2 unspecified atom stereocenters. The van der Waals surface area contributed by atoms with Crippen LogP contribution in [0.2, 0.25) is 0 Å². The summed E-state index contributed by atoms with van der Waals surface area (Å²) in [5, 5.41) is 4.12. The van der Waals surface area contributed by atoms with Crippen LogP contribution in [-0.2, 0) is 10.0 Å². The number of nitrogens with zero attached hydrogens (tertiary/aromatic N) is 1. The van der Waals surface area contributed by atoms with E-state index in [1.165, 1.54) is 11.8 Å². The molecule has 19 heavy (non-hydrogen) atoms. The zero-order valence-corrected chi connectivity index (χ0v) is 12.7. The summed E-state index contributed by atoms with van der Waals surface area (Å²) in [5.41, 5.74) is 4.03. The number of rotatable bonds is 5. The SMILES string of the molecule is CS(=O)(=O)N1CCCC(CC(NN)c2ccsc2)C1. The van der Waals surface area contributed by atoms with Crippen molar-refractivity contribution in [2.75, 3.05) is 19.3 Å². The lowest BCUT2D eigenvalue weighted by Gasteiger charge is -2.32. The molecule has 0 radical (unpaired) electrons. The van der Waals surface area contributed by atoms with E-state index in [9.17, 15) is 8.42 Å². The summed E-state index contributed by atoms with van der Waals surface area (Å²) in [5.74, 6) is 5.99. The van der Waals surface area contributed by atoms with Gasteiger partial charge in [0, 0.05) is 19.1 Å². The van der Waals surface area contributed by atoms with Gasteiger partial charge in [-0.3, -0.25) is 11.3 Å². The van der Waals surface area contributed by atoms with Gasteiger partial charge in [0.2, 0.25) is 10.0 Å². The number of hydrogen-bond donors (Lipinski definition) is 2. The van der Waals surface area contributed by atoms with Gasteiger partial charge in [0.05, 0.1) is 6.26 Å². The molecule has 0 amide bonds. The van der Waals surface area contributed by atoms with Gasteiger partial charge in [0.25, 0.3) is 0 Å². The van der Waals surface area contributed by atoms with Crippen LogP contribution in [-0.4, -0.2) is 32.1 Å². The van der Waals surface area contributed by atoms with E-state index in [2.05, 4.69) is 16.9 Å². The van der Waals surface area contributed by atoms with Gasteiger partial charge < -0.3 is 0 Å². The Bertz CT molecular complexity index is 487. The molecule has 0 bridgehead atoms. The number of nitrogens with two attached hydrogens (primary N) is 1. The predicted molar refractivity (Wildman–Crippen MR) is 78.1 cm³/mol. The summed E-state index contributed by atoms with van der Waals surface area (Å²) in [7, 11) is -3.07. The van der Waals surface area contributed by atoms with E-state index in [-0.39, 0.29) is 6.04 Å². The van der Waals surface area contributed by atoms with Gasteiger partial charge in [-0.1, -0.05) is 0 Å². The molecular weight excluding hydrogens is 282 g/mol. The van der Waals surface area contributed by atoms with Gasteiger partial charge in [-0.15, -0.1) is 0 Å². The Balaban J connectivity index is 1.98. The Morgan fingerprint density at radius 3 is 3.00 bits per heavy atom. The van der Waals surface area contributed by atoms with E-state index in [4.69, 9.17) is 5.84 Å². The molecular formula is C12H21N3O2S2. The topological polar surface area (TPSA) is 75.4 Å². The van der Waals surface area contributed by atoms with E-state index < -0.39 is 10.0 Å². The van der Waals surface area contributed by atoms with E-state index in [0.717, 1.165) is 19.3 Å². The number of thiophene rings is 1. The van der Waals surface area contributed by atoms with Crippen molar-refractivity contribution in [1.29, 1.82) is 0 Å². The van der Waals surface area contributed by atoms with Crippen LogP contribution in [0.15, 0.2) is 16.8 Å². The van der Waals surface area contributed by atoms with Crippen LogP contribution in [0.5, 0.6) is 0 Å². The molecule has 3 N–H and O–H groups in total. The molecule has 2 heterocycles. The van der Waals surface area contributed by atoms with E-state index >= 15 is 0 Å². The maximum Gasteiger partial charge on any atom is 0.211 e. The fraction of sp³-hybridized carbons (Fsp3) is 0.667. The number of nitrogens with one attached hydrogen (secondary N) is 1. The van der Waals surface area contributed by atoms with Crippen LogP contribution in [0.25, 0.3) is 0 Å². The second-order valence-corrected chi connectivity index (χ2v) is 7.90. The molecule has 2 rings (SSSR count). The molecule has 2 atom stereocenters. The maximum absolute atomic E-state index is 11.6. The molecule has 0 aliphatic carbocycles. The summed E-state index contributed by atoms with van der Waals surface area (Å²) in [6.07, 6.45) is 4.15. The molecule has 7 heteroatoms. The van der Waals surface area contributed by atoms with Crippen LogP contribution < -0.4 is 11.3 Å². The third kappa shape index (κ3) is 4.00. The first-order chi connectivity index (χ1) is 9.00. The van der Waals surface area contributed by atoms with Gasteiger partial charge in [-0.05, 0) is 47.6 Å². The van der Waals surface area contributed by atoms with Crippen molar-refractivity contribution in [3.05, 3.63) is 22.4 Å². The molecule has 1 aliphatic heterocycles.